The van der Waals surface area contributed by atoms with Crippen LogP contribution in [-0.2, 0) is 14.3 Å². The van der Waals surface area contributed by atoms with Gasteiger partial charge in [0.1, 0.15) is 0 Å². The highest BCUT2D eigenvalue weighted by molar-refractivity contribution is 5.82. The minimum atomic E-state index is -0.278. The second-order valence-electron chi connectivity index (χ2n) is 4.60. The summed E-state index contributed by atoms with van der Waals surface area (Å²) in [5, 5.41) is 2.89. The third-order valence-corrected chi connectivity index (χ3v) is 3.20. The summed E-state index contributed by atoms with van der Waals surface area (Å²) in [5.74, 6) is -0.141. The largest absolute Gasteiger partial charge is 0.469 e. The first kappa shape index (κ1) is 15.9. The van der Waals surface area contributed by atoms with Gasteiger partial charge in [0.2, 0.25) is 5.91 Å². The van der Waals surface area contributed by atoms with Crippen molar-refractivity contribution in [2.24, 2.45) is 5.41 Å². The number of esters is 1. The molecule has 0 aromatic rings. The Kier molecular flexibility index (Phi) is 7.59. The lowest BCUT2D eigenvalue weighted by Crippen LogP contribution is -2.39. The van der Waals surface area contributed by atoms with Crippen LogP contribution in [0, 0.1) is 5.41 Å². The molecule has 1 atom stereocenters. The third kappa shape index (κ3) is 5.71. The van der Waals surface area contributed by atoms with Gasteiger partial charge in [-0.15, -0.1) is 0 Å². The number of hydrogen-bond donors (Lipinski definition) is 1. The molecule has 1 N–H and O–H groups in total. The van der Waals surface area contributed by atoms with Crippen molar-refractivity contribution in [3.8, 4) is 0 Å². The molecule has 100 valence electrons. The minimum absolute atomic E-state index is 0.0896. The highest BCUT2D eigenvalue weighted by Crippen LogP contribution is 2.27. The maximum Gasteiger partial charge on any atom is 0.305 e. The van der Waals surface area contributed by atoms with Crippen LogP contribution in [0.4, 0.5) is 0 Å². The topological polar surface area (TPSA) is 55.4 Å². The van der Waals surface area contributed by atoms with E-state index in [0.717, 1.165) is 19.3 Å². The fraction of sp³-hybridized carbons (Fsp3) is 0.846. The van der Waals surface area contributed by atoms with Gasteiger partial charge >= 0.3 is 5.97 Å². The summed E-state index contributed by atoms with van der Waals surface area (Å²) in [7, 11) is 1.37. The average Bonchev–Trinajstić information content (AvgIpc) is 2.33. The highest BCUT2D eigenvalue weighted by atomic mass is 16.5. The Morgan fingerprint density at radius 2 is 1.94 bits per heavy atom. The van der Waals surface area contributed by atoms with Crippen molar-refractivity contribution >= 4 is 11.9 Å². The van der Waals surface area contributed by atoms with E-state index in [1.54, 1.807) is 0 Å². The molecule has 0 radical (unpaired) electrons. The molecule has 0 rings (SSSR count). The number of amides is 1. The Labute approximate surface area is 104 Å². The summed E-state index contributed by atoms with van der Waals surface area (Å²) < 4.78 is 4.53. The van der Waals surface area contributed by atoms with Crippen LogP contribution in [0.25, 0.3) is 0 Å². The van der Waals surface area contributed by atoms with Crippen LogP contribution in [0.3, 0.4) is 0 Å². The van der Waals surface area contributed by atoms with Gasteiger partial charge < -0.3 is 10.1 Å². The zero-order valence-electron chi connectivity index (χ0n) is 11.5. The predicted molar refractivity (Wildman–Crippen MR) is 67.6 cm³/mol. The van der Waals surface area contributed by atoms with Crippen LogP contribution in [0.15, 0.2) is 0 Å². The molecule has 0 spiro atoms. The number of nitrogens with one attached hydrogen (secondary N) is 1. The van der Waals surface area contributed by atoms with Crippen LogP contribution in [-0.4, -0.2) is 25.5 Å². The number of rotatable bonds is 8. The van der Waals surface area contributed by atoms with Gasteiger partial charge in [0.15, 0.2) is 0 Å². The van der Waals surface area contributed by atoms with Crippen LogP contribution in [0.2, 0.25) is 0 Å². The van der Waals surface area contributed by atoms with Crippen molar-refractivity contribution < 1.29 is 14.3 Å². The van der Waals surface area contributed by atoms with Gasteiger partial charge in [-0.3, -0.25) is 9.59 Å². The normalized spacial score (nSPS) is 13.9. The Morgan fingerprint density at radius 1 is 1.29 bits per heavy atom. The lowest BCUT2D eigenvalue weighted by Gasteiger charge is -2.26. The van der Waals surface area contributed by atoms with E-state index < -0.39 is 0 Å². The van der Waals surface area contributed by atoms with E-state index in [0.29, 0.717) is 19.4 Å². The van der Waals surface area contributed by atoms with Gasteiger partial charge in [-0.1, -0.05) is 27.2 Å². The first-order valence-corrected chi connectivity index (χ1v) is 6.35. The van der Waals surface area contributed by atoms with Crippen LogP contribution < -0.4 is 5.32 Å². The molecular weight excluding hydrogens is 218 g/mol. The van der Waals surface area contributed by atoms with E-state index >= 15 is 0 Å². The molecule has 0 fully saturated rings. The first-order valence-electron chi connectivity index (χ1n) is 6.35. The molecular formula is C13H25NO3. The maximum atomic E-state index is 12.0. The van der Waals surface area contributed by atoms with Gasteiger partial charge in [-0.2, -0.15) is 0 Å². The van der Waals surface area contributed by atoms with Crippen molar-refractivity contribution in [1.29, 1.82) is 0 Å². The summed E-state index contributed by atoms with van der Waals surface area (Å²) in [6.07, 6.45) is 3.72. The summed E-state index contributed by atoms with van der Waals surface area (Å²) in [6.45, 7) is 6.64. The van der Waals surface area contributed by atoms with Gasteiger partial charge in [0, 0.05) is 18.4 Å². The van der Waals surface area contributed by atoms with Gasteiger partial charge in [0.05, 0.1) is 7.11 Å². The van der Waals surface area contributed by atoms with Gasteiger partial charge in [0.25, 0.3) is 0 Å². The van der Waals surface area contributed by atoms with E-state index in [4.69, 9.17) is 0 Å². The fourth-order valence-corrected chi connectivity index (χ4v) is 1.75. The zero-order chi connectivity index (χ0) is 13.3. The molecule has 4 heteroatoms. The smallest absolute Gasteiger partial charge is 0.305 e. The third-order valence-electron chi connectivity index (χ3n) is 3.20. The first-order chi connectivity index (χ1) is 8.00. The molecule has 0 aromatic heterocycles. The summed E-state index contributed by atoms with van der Waals surface area (Å²) in [6, 6.07) is 0. The van der Waals surface area contributed by atoms with E-state index in [9.17, 15) is 9.59 Å². The Morgan fingerprint density at radius 3 is 2.41 bits per heavy atom. The van der Waals surface area contributed by atoms with E-state index in [-0.39, 0.29) is 17.3 Å². The molecule has 0 saturated carbocycles. The quantitative estimate of drug-likeness (QED) is 0.525. The van der Waals surface area contributed by atoms with Crippen LogP contribution in [0.1, 0.15) is 52.9 Å². The minimum Gasteiger partial charge on any atom is -0.469 e. The molecule has 0 heterocycles. The zero-order valence-corrected chi connectivity index (χ0v) is 11.5. The summed E-state index contributed by atoms with van der Waals surface area (Å²) in [4.78, 5) is 22.9. The second kappa shape index (κ2) is 8.09. The lowest BCUT2D eigenvalue weighted by molar-refractivity contribution is -0.141. The summed E-state index contributed by atoms with van der Waals surface area (Å²) in [5.41, 5.74) is -0.278. The molecule has 4 nitrogen and oxygen atoms in total. The molecule has 0 saturated heterocycles. The lowest BCUT2D eigenvalue weighted by atomic mass is 9.82. The second-order valence-corrected chi connectivity index (χ2v) is 4.60. The van der Waals surface area contributed by atoms with Crippen molar-refractivity contribution in [1.82, 2.24) is 5.32 Å². The van der Waals surface area contributed by atoms with Crippen LogP contribution in [0.5, 0.6) is 0 Å². The Bertz CT molecular complexity index is 253. The molecule has 0 bridgehead atoms. The Balaban J connectivity index is 3.95. The standard InChI is InChI=1S/C13H25NO3/c1-5-9-13(3,6-2)12(16)14-10-7-8-11(15)17-4/h5-10H2,1-4H3,(H,14,16). The molecule has 0 aliphatic heterocycles. The molecule has 17 heavy (non-hydrogen) atoms. The van der Waals surface area contributed by atoms with E-state index in [2.05, 4.69) is 17.0 Å². The fourth-order valence-electron chi connectivity index (χ4n) is 1.75. The molecule has 1 amide bonds. The van der Waals surface area contributed by atoms with E-state index in [1.165, 1.54) is 7.11 Å². The van der Waals surface area contributed by atoms with Gasteiger partial charge in [-0.05, 0) is 19.3 Å². The number of hydrogen-bond acceptors (Lipinski definition) is 3. The van der Waals surface area contributed by atoms with Crippen molar-refractivity contribution in [2.75, 3.05) is 13.7 Å². The van der Waals surface area contributed by atoms with Crippen LogP contribution >= 0.6 is 0 Å². The van der Waals surface area contributed by atoms with E-state index in [1.807, 2.05) is 13.8 Å². The molecule has 0 aliphatic rings. The number of carbonyl (C=O) groups is 2. The van der Waals surface area contributed by atoms with Crippen molar-refractivity contribution in [3.05, 3.63) is 0 Å². The van der Waals surface area contributed by atoms with Crippen molar-refractivity contribution in [3.63, 3.8) is 0 Å². The molecule has 0 aromatic carbocycles. The maximum absolute atomic E-state index is 12.0. The predicted octanol–water partition coefficient (Wildman–Crippen LogP) is 2.27. The monoisotopic (exact) mass is 243 g/mol. The number of methoxy groups -OCH3 is 1. The number of carbonyl (C=O) groups excluding carboxylic acids is 2. The SMILES string of the molecule is CCCC(C)(CC)C(=O)NCCCC(=O)OC. The number of ether oxygens (including phenoxy) is 1. The van der Waals surface area contributed by atoms with Crippen molar-refractivity contribution in [2.45, 2.75) is 52.9 Å². The molecule has 1 unspecified atom stereocenters. The summed E-state index contributed by atoms with van der Waals surface area (Å²) >= 11 is 0. The highest BCUT2D eigenvalue weighted by Gasteiger charge is 2.29. The van der Waals surface area contributed by atoms with Gasteiger partial charge in [-0.25, -0.2) is 0 Å². The average molecular weight is 243 g/mol. The Hall–Kier alpha value is -1.06. The molecule has 0 aliphatic carbocycles.